The van der Waals surface area contributed by atoms with Crippen LogP contribution in [0.2, 0.25) is 0 Å². The van der Waals surface area contributed by atoms with Gasteiger partial charge in [0.1, 0.15) is 11.3 Å². The van der Waals surface area contributed by atoms with Crippen molar-refractivity contribution in [2.24, 2.45) is 0 Å². The zero-order chi connectivity index (χ0) is 9.26. The van der Waals surface area contributed by atoms with Crippen LogP contribution in [0, 0.1) is 0 Å². The molecule has 2 N–H and O–H groups in total. The smallest absolute Gasteiger partial charge is 0.134 e. The lowest BCUT2D eigenvalue weighted by atomic mass is 10.1. The van der Waals surface area contributed by atoms with Crippen molar-refractivity contribution in [3.8, 4) is 5.75 Å². The van der Waals surface area contributed by atoms with Gasteiger partial charge in [-0.05, 0) is 25.2 Å². The van der Waals surface area contributed by atoms with E-state index in [0.29, 0.717) is 0 Å². The summed E-state index contributed by atoms with van der Waals surface area (Å²) in [5.41, 5.74) is 1.87. The molecular formula is C10H11NO2. The molecule has 2 rings (SSSR count). The zero-order valence-corrected chi connectivity index (χ0v) is 7.37. The van der Waals surface area contributed by atoms with Crippen LogP contribution in [0.3, 0.4) is 0 Å². The molecule has 1 aromatic carbocycles. The average Bonchev–Trinajstić information content (AvgIpc) is 2.49. The van der Waals surface area contributed by atoms with E-state index in [0.717, 1.165) is 23.1 Å². The van der Waals surface area contributed by atoms with E-state index >= 15 is 0 Å². The van der Waals surface area contributed by atoms with Crippen LogP contribution in [0.5, 0.6) is 5.75 Å². The molecular weight excluding hydrogens is 166 g/mol. The highest BCUT2D eigenvalue weighted by atomic mass is 16.3. The summed E-state index contributed by atoms with van der Waals surface area (Å²) in [6.45, 7) is 0.746. The number of benzene rings is 1. The van der Waals surface area contributed by atoms with Gasteiger partial charge in [-0.15, -0.1) is 0 Å². The Morgan fingerprint density at radius 1 is 1.46 bits per heavy atom. The van der Waals surface area contributed by atoms with E-state index in [9.17, 15) is 5.11 Å². The SMILES string of the molecule is CNCc1coc2ccc(O)cc12. The Kier molecular flexibility index (Phi) is 1.94. The fourth-order valence-corrected chi connectivity index (χ4v) is 1.40. The Morgan fingerprint density at radius 2 is 2.31 bits per heavy atom. The van der Waals surface area contributed by atoms with E-state index in [1.807, 2.05) is 7.05 Å². The molecule has 1 aromatic heterocycles. The number of fused-ring (bicyclic) bond motifs is 1. The summed E-state index contributed by atoms with van der Waals surface area (Å²) in [6, 6.07) is 5.10. The van der Waals surface area contributed by atoms with Crippen LogP contribution in [0.1, 0.15) is 5.56 Å². The predicted molar refractivity (Wildman–Crippen MR) is 50.6 cm³/mol. The third-order valence-corrected chi connectivity index (χ3v) is 2.00. The molecule has 2 aromatic rings. The van der Waals surface area contributed by atoms with Gasteiger partial charge >= 0.3 is 0 Å². The van der Waals surface area contributed by atoms with Gasteiger partial charge in [0.25, 0.3) is 0 Å². The molecule has 0 unspecified atom stereocenters. The van der Waals surface area contributed by atoms with Crippen molar-refractivity contribution in [1.29, 1.82) is 0 Å². The second kappa shape index (κ2) is 3.11. The number of aromatic hydroxyl groups is 1. The van der Waals surface area contributed by atoms with Gasteiger partial charge in [0.2, 0.25) is 0 Å². The molecule has 0 aliphatic carbocycles. The van der Waals surface area contributed by atoms with E-state index in [4.69, 9.17) is 4.42 Å². The molecule has 0 aliphatic heterocycles. The van der Waals surface area contributed by atoms with Crippen LogP contribution < -0.4 is 5.32 Å². The Balaban J connectivity index is 2.58. The maximum atomic E-state index is 9.28. The summed E-state index contributed by atoms with van der Waals surface area (Å²) in [4.78, 5) is 0. The fraction of sp³-hybridized carbons (Fsp3) is 0.200. The molecule has 68 valence electrons. The van der Waals surface area contributed by atoms with E-state index in [-0.39, 0.29) is 5.75 Å². The van der Waals surface area contributed by atoms with Gasteiger partial charge in [-0.25, -0.2) is 0 Å². The van der Waals surface area contributed by atoms with Crippen molar-refractivity contribution in [3.63, 3.8) is 0 Å². The van der Waals surface area contributed by atoms with E-state index in [1.54, 1.807) is 24.5 Å². The minimum atomic E-state index is 0.270. The van der Waals surface area contributed by atoms with Crippen molar-refractivity contribution in [2.75, 3.05) is 7.05 Å². The van der Waals surface area contributed by atoms with Crippen LogP contribution in [-0.2, 0) is 6.54 Å². The van der Waals surface area contributed by atoms with E-state index < -0.39 is 0 Å². The first-order valence-corrected chi connectivity index (χ1v) is 4.15. The molecule has 13 heavy (non-hydrogen) atoms. The van der Waals surface area contributed by atoms with Crippen LogP contribution in [0.25, 0.3) is 11.0 Å². The highest BCUT2D eigenvalue weighted by Gasteiger charge is 2.04. The molecule has 0 aliphatic rings. The molecule has 0 amide bonds. The molecule has 3 heteroatoms. The molecule has 0 spiro atoms. The van der Waals surface area contributed by atoms with Gasteiger partial charge in [0.15, 0.2) is 0 Å². The van der Waals surface area contributed by atoms with Crippen LogP contribution in [-0.4, -0.2) is 12.2 Å². The van der Waals surface area contributed by atoms with Gasteiger partial charge < -0.3 is 14.8 Å². The minimum Gasteiger partial charge on any atom is -0.508 e. The fourth-order valence-electron chi connectivity index (χ4n) is 1.40. The highest BCUT2D eigenvalue weighted by Crippen LogP contribution is 2.24. The van der Waals surface area contributed by atoms with Gasteiger partial charge in [-0.2, -0.15) is 0 Å². The second-order valence-electron chi connectivity index (χ2n) is 2.97. The van der Waals surface area contributed by atoms with E-state index in [1.165, 1.54) is 0 Å². The monoisotopic (exact) mass is 177 g/mol. The van der Waals surface area contributed by atoms with Crippen LogP contribution in [0.15, 0.2) is 28.9 Å². The number of furan rings is 1. The normalized spacial score (nSPS) is 10.8. The molecule has 0 fully saturated rings. The number of phenols is 1. The third kappa shape index (κ3) is 1.38. The largest absolute Gasteiger partial charge is 0.508 e. The van der Waals surface area contributed by atoms with Crippen molar-refractivity contribution >= 4 is 11.0 Å². The maximum Gasteiger partial charge on any atom is 0.134 e. The topological polar surface area (TPSA) is 45.4 Å². The lowest BCUT2D eigenvalue weighted by Gasteiger charge is -1.95. The summed E-state index contributed by atoms with van der Waals surface area (Å²) in [7, 11) is 1.88. The molecule has 3 nitrogen and oxygen atoms in total. The summed E-state index contributed by atoms with van der Waals surface area (Å²) in [5.74, 6) is 0.270. The number of nitrogens with one attached hydrogen (secondary N) is 1. The van der Waals surface area contributed by atoms with Gasteiger partial charge in [0.05, 0.1) is 6.26 Å². The first-order valence-electron chi connectivity index (χ1n) is 4.15. The van der Waals surface area contributed by atoms with Gasteiger partial charge in [-0.1, -0.05) is 0 Å². The second-order valence-corrected chi connectivity index (χ2v) is 2.97. The number of hydrogen-bond acceptors (Lipinski definition) is 3. The zero-order valence-electron chi connectivity index (χ0n) is 7.37. The molecule has 0 saturated heterocycles. The van der Waals surface area contributed by atoms with Crippen LogP contribution in [0.4, 0.5) is 0 Å². The molecule has 0 saturated carbocycles. The third-order valence-electron chi connectivity index (χ3n) is 2.00. The molecule has 0 bridgehead atoms. The predicted octanol–water partition coefficient (Wildman–Crippen LogP) is 1.86. The molecule has 0 atom stereocenters. The van der Waals surface area contributed by atoms with Crippen molar-refractivity contribution < 1.29 is 9.52 Å². The quantitative estimate of drug-likeness (QED) is 0.735. The minimum absolute atomic E-state index is 0.270. The van der Waals surface area contributed by atoms with Crippen molar-refractivity contribution in [3.05, 3.63) is 30.0 Å². The summed E-state index contributed by atoms with van der Waals surface area (Å²) >= 11 is 0. The van der Waals surface area contributed by atoms with Gasteiger partial charge in [0, 0.05) is 17.5 Å². The molecule has 0 radical (unpaired) electrons. The maximum absolute atomic E-state index is 9.28. The lowest BCUT2D eigenvalue weighted by molar-refractivity contribution is 0.476. The Hall–Kier alpha value is -1.48. The van der Waals surface area contributed by atoms with Gasteiger partial charge in [-0.3, -0.25) is 0 Å². The summed E-state index contributed by atoms with van der Waals surface area (Å²) in [5, 5.41) is 13.3. The van der Waals surface area contributed by atoms with Crippen LogP contribution >= 0.6 is 0 Å². The number of hydrogen-bond donors (Lipinski definition) is 2. The standard InChI is InChI=1S/C10H11NO2/c1-11-5-7-6-13-10-3-2-8(12)4-9(7)10/h2-4,6,11-12H,5H2,1H3. The number of phenolic OH excluding ortho intramolecular Hbond substituents is 1. The Labute approximate surface area is 76.0 Å². The number of rotatable bonds is 2. The Morgan fingerprint density at radius 3 is 3.08 bits per heavy atom. The first kappa shape index (κ1) is 8.13. The summed E-state index contributed by atoms with van der Waals surface area (Å²) < 4.78 is 5.31. The Bertz CT molecular complexity index is 420. The lowest BCUT2D eigenvalue weighted by Crippen LogP contribution is -2.03. The molecule has 1 heterocycles. The average molecular weight is 177 g/mol. The first-order chi connectivity index (χ1) is 6.31. The van der Waals surface area contributed by atoms with Crippen molar-refractivity contribution in [2.45, 2.75) is 6.54 Å². The van der Waals surface area contributed by atoms with Crippen molar-refractivity contribution in [1.82, 2.24) is 5.32 Å². The highest BCUT2D eigenvalue weighted by molar-refractivity contribution is 5.82. The summed E-state index contributed by atoms with van der Waals surface area (Å²) in [6.07, 6.45) is 1.71. The van der Waals surface area contributed by atoms with E-state index in [2.05, 4.69) is 5.32 Å².